The molecule has 0 heterocycles. The van der Waals surface area contributed by atoms with Crippen molar-refractivity contribution in [3.05, 3.63) is 35.9 Å². The van der Waals surface area contributed by atoms with Gasteiger partial charge in [0.15, 0.2) is 6.10 Å². The molecular formula is C21H32N2O2. The van der Waals surface area contributed by atoms with Crippen LogP contribution in [0, 0.1) is 0 Å². The first-order valence-corrected chi connectivity index (χ1v) is 9.74. The maximum atomic E-state index is 12.5. The van der Waals surface area contributed by atoms with Gasteiger partial charge in [0.1, 0.15) is 0 Å². The zero-order valence-corrected chi connectivity index (χ0v) is 15.5. The number of amides is 1. The third-order valence-corrected chi connectivity index (χ3v) is 4.83. The molecule has 0 radical (unpaired) electrons. The molecule has 4 heteroatoms. The number of hydrogen-bond donors (Lipinski definition) is 1. The lowest BCUT2D eigenvalue weighted by Gasteiger charge is -2.15. The molecule has 1 N–H and O–H groups in total. The Morgan fingerprint density at radius 3 is 1.96 bits per heavy atom. The minimum atomic E-state index is -0.614. The molecule has 4 nitrogen and oxygen atoms in total. The normalized spacial score (nSPS) is 18.5. The summed E-state index contributed by atoms with van der Waals surface area (Å²) in [7, 11) is 1.56. The second kappa shape index (κ2) is 11.8. The summed E-state index contributed by atoms with van der Waals surface area (Å²) in [5.41, 5.74) is 4.71. The Labute approximate surface area is 152 Å². The smallest absolute Gasteiger partial charge is 0.273 e. The molecule has 0 aromatic heterocycles. The first kappa shape index (κ1) is 19.6. The van der Waals surface area contributed by atoms with Gasteiger partial charge in [-0.1, -0.05) is 75.3 Å². The maximum absolute atomic E-state index is 12.5. The molecule has 1 aromatic carbocycles. The lowest BCUT2D eigenvalue weighted by molar-refractivity contribution is -0.131. The number of carbonyl (C=O) groups excluding carboxylic acids is 1. The number of benzene rings is 1. The van der Waals surface area contributed by atoms with E-state index in [1.54, 1.807) is 7.11 Å². The monoisotopic (exact) mass is 344 g/mol. The summed E-state index contributed by atoms with van der Waals surface area (Å²) >= 11 is 0. The van der Waals surface area contributed by atoms with Crippen molar-refractivity contribution in [1.82, 2.24) is 5.43 Å². The van der Waals surface area contributed by atoms with Gasteiger partial charge in [-0.25, -0.2) is 5.43 Å². The Hall–Kier alpha value is -1.68. The zero-order valence-electron chi connectivity index (χ0n) is 15.5. The largest absolute Gasteiger partial charge is 0.367 e. The fourth-order valence-corrected chi connectivity index (χ4v) is 3.35. The molecule has 0 bridgehead atoms. The van der Waals surface area contributed by atoms with E-state index >= 15 is 0 Å². The predicted octanol–water partition coefficient (Wildman–Crippen LogP) is 5.15. The lowest BCUT2D eigenvalue weighted by atomic mass is 10.00. The highest BCUT2D eigenvalue weighted by atomic mass is 16.5. The van der Waals surface area contributed by atoms with Crippen molar-refractivity contribution in [1.29, 1.82) is 0 Å². The molecule has 1 fully saturated rings. The Morgan fingerprint density at radius 1 is 0.920 bits per heavy atom. The quantitative estimate of drug-likeness (QED) is 0.768. The van der Waals surface area contributed by atoms with Crippen molar-refractivity contribution in [2.24, 2.45) is 5.10 Å². The summed E-state index contributed by atoms with van der Waals surface area (Å²) in [6.45, 7) is 0. The standard InChI is InChI=1S/C21H32N2O2/c1-25-20(18-14-10-9-11-15-18)21(24)23-22-19-16-12-7-5-3-2-4-6-8-13-17-19/h9-11,14-15,20H,2-8,12-13,16-17H2,1H3,(H,23,24)/t20-/m0/s1. The molecule has 1 saturated carbocycles. The number of nitrogens with zero attached hydrogens (tertiary/aromatic N) is 1. The van der Waals surface area contributed by atoms with Gasteiger partial charge in [0.2, 0.25) is 0 Å². The first-order chi connectivity index (χ1) is 12.3. The van der Waals surface area contributed by atoms with E-state index in [0.717, 1.165) is 24.1 Å². The van der Waals surface area contributed by atoms with E-state index in [9.17, 15) is 4.79 Å². The van der Waals surface area contributed by atoms with E-state index in [0.29, 0.717) is 0 Å². The molecule has 1 aliphatic rings. The van der Waals surface area contributed by atoms with Crippen LogP contribution in [0.5, 0.6) is 0 Å². The Kier molecular flexibility index (Phi) is 9.27. The number of carbonyl (C=O) groups is 1. The number of rotatable bonds is 4. The Morgan fingerprint density at radius 2 is 1.44 bits per heavy atom. The number of nitrogens with one attached hydrogen (secondary N) is 1. The lowest BCUT2D eigenvalue weighted by Crippen LogP contribution is -2.27. The highest BCUT2D eigenvalue weighted by molar-refractivity contribution is 5.87. The highest BCUT2D eigenvalue weighted by Gasteiger charge is 2.19. The van der Waals surface area contributed by atoms with Crippen molar-refractivity contribution >= 4 is 11.6 Å². The zero-order chi connectivity index (χ0) is 17.7. The van der Waals surface area contributed by atoms with Crippen molar-refractivity contribution in [3.63, 3.8) is 0 Å². The van der Waals surface area contributed by atoms with Crippen LogP contribution in [0.25, 0.3) is 0 Å². The van der Waals surface area contributed by atoms with Crippen LogP contribution >= 0.6 is 0 Å². The molecule has 138 valence electrons. The van der Waals surface area contributed by atoms with Crippen LogP contribution < -0.4 is 5.43 Å². The topological polar surface area (TPSA) is 50.7 Å². The summed E-state index contributed by atoms with van der Waals surface area (Å²) in [4.78, 5) is 12.5. The summed E-state index contributed by atoms with van der Waals surface area (Å²) in [5, 5.41) is 4.44. The van der Waals surface area contributed by atoms with Crippen LogP contribution in [-0.4, -0.2) is 18.7 Å². The molecule has 2 rings (SSSR count). The van der Waals surface area contributed by atoms with Gasteiger partial charge in [0, 0.05) is 12.8 Å². The van der Waals surface area contributed by atoms with E-state index < -0.39 is 6.10 Å². The molecule has 0 saturated heterocycles. The van der Waals surface area contributed by atoms with Crippen LogP contribution in [0.4, 0.5) is 0 Å². The van der Waals surface area contributed by atoms with Gasteiger partial charge in [0.05, 0.1) is 0 Å². The minimum absolute atomic E-state index is 0.202. The molecule has 0 spiro atoms. The predicted molar refractivity (Wildman–Crippen MR) is 103 cm³/mol. The van der Waals surface area contributed by atoms with Crippen LogP contribution in [0.1, 0.15) is 82.3 Å². The molecule has 1 aliphatic carbocycles. The summed E-state index contributed by atoms with van der Waals surface area (Å²) in [6.07, 6.45) is 13.0. The van der Waals surface area contributed by atoms with Crippen molar-refractivity contribution < 1.29 is 9.53 Å². The van der Waals surface area contributed by atoms with Crippen LogP contribution in [0.2, 0.25) is 0 Å². The summed E-state index contributed by atoms with van der Waals surface area (Å²) < 4.78 is 5.37. The molecule has 0 aliphatic heterocycles. The van der Waals surface area contributed by atoms with Crippen molar-refractivity contribution in [3.8, 4) is 0 Å². The molecule has 1 amide bonds. The SMILES string of the molecule is CO[C@H](C(=O)NN=C1CCCCCCCCCCC1)c1ccccc1. The van der Waals surface area contributed by atoms with Crippen molar-refractivity contribution in [2.75, 3.05) is 7.11 Å². The second-order valence-electron chi connectivity index (χ2n) is 6.86. The third kappa shape index (κ3) is 7.39. The van der Waals surface area contributed by atoms with Gasteiger partial charge in [-0.2, -0.15) is 5.10 Å². The van der Waals surface area contributed by atoms with Crippen LogP contribution in [-0.2, 0) is 9.53 Å². The second-order valence-corrected chi connectivity index (χ2v) is 6.86. The molecular weight excluding hydrogens is 312 g/mol. The number of hydrazone groups is 1. The minimum Gasteiger partial charge on any atom is -0.367 e. The van der Waals surface area contributed by atoms with E-state index in [2.05, 4.69) is 10.5 Å². The van der Waals surface area contributed by atoms with E-state index in [1.165, 1.54) is 57.8 Å². The fraction of sp³-hybridized carbons (Fsp3) is 0.619. The van der Waals surface area contributed by atoms with Crippen molar-refractivity contribution in [2.45, 2.75) is 76.7 Å². The van der Waals surface area contributed by atoms with Gasteiger partial charge in [-0.3, -0.25) is 4.79 Å². The van der Waals surface area contributed by atoms with E-state index in [1.807, 2.05) is 30.3 Å². The van der Waals surface area contributed by atoms with E-state index in [4.69, 9.17) is 4.74 Å². The van der Waals surface area contributed by atoms with Crippen LogP contribution in [0.15, 0.2) is 35.4 Å². The van der Waals surface area contributed by atoms with Crippen LogP contribution in [0.3, 0.4) is 0 Å². The average Bonchev–Trinajstić information content (AvgIpc) is 2.63. The summed E-state index contributed by atoms with van der Waals surface area (Å²) in [6, 6.07) is 9.55. The maximum Gasteiger partial charge on any atom is 0.273 e. The number of ether oxygens (including phenoxy) is 1. The Balaban J connectivity index is 1.92. The van der Waals surface area contributed by atoms with Gasteiger partial charge in [-0.15, -0.1) is 0 Å². The number of methoxy groups -OCH3 is 1. The molecule has 0 unspecified atom stereocenters. The molecule has 25 heavy (non-hydrogen) atoms. The fourth-order valence-electron chi connectivity index (χ4n) is 3.35. The molecule has 1 atom stereocenters. The van der Waals surface area contributed by atoms with Gasteiger partial charge >= 0.3 is 0 Å². The average molecular weight is 344 g/mol. The van der Waals surface area contributed by atoms with Gasteiger partial charge < -0.3 is 4.74 Å². The molecule has 1 aromatic rings. The Bertz CT molecular complexity index is 514. The van der Waals surface area contributed by atoms with Gasteiger partial charge in [-0.05, 0) is 31.2 Å². The highest BCUT2D eigenvalue weighted by Crippen LogP contribution is 2.17. The summed E-state index contributed by atoms with van der Waals surface area (Å²) in [5.74, 6) is -0.202. The first-order valence-electron chi connectivity index (χ1n) is 9.74. The third-order valence-electron chi connectivity index (χ3n) is 4.83. The van der Waals surface area contributed by atoms with E-state index in [-0.39, 0.29) is 5.91 Å². The van der Waals surface area contributed by atoms with Gasteiger partial charge in [0.25, 0.3) is 5.91 Å². The number of hydrogen-bond acceptors (Lipinski definition) is 3.